The lowest BCUT2D eigenvalue weighted by Gasteiger charge is -2.17. The zero-order valence-corrected chi connectivity index (χ0v) is 22.0. The number of methoxy groups -OCH3 is 3. The average Bonchev–Trinajstić information content (AvgIpc) is 3.26. The van der Waals surface area contributed by atoms with Crippen LogP contribution in [-0.2, 0) is 17.9 Å². The molecule has 0 aliphatic carbocycles. The van der Waals surface area contributed by atoms with Crippen molar-refractivity contribution in [1.29, 1.82) is 0 Å². The maximum atomic E-state index is 11.9. The largest absolute Gasteiger partial charge is 0.496 e. The van der Waals surface area contributed by atoms with Gasteiger partial charge in [-0.15, -0.1) is 24.0 Å². The van der Waals surface area contributed by atoms with E-state index in [1.807, 2.05) is 48.2 Å². The molecule has 0 aromatic heterocycles. The summed E-state index contributed by atoms with van der Waals surface area (Å²) in [6.07, 6.45) is 1.56. The number of benzene rings is 2. The number of nitrogens with zero attached hydrogens (tertiary/aromatic N) is 2. The van der Waals surface area contributed by atoms with Gasteiger partial charge in [-0.3, -0.25) is 4.79 Å². The van der Waals surface area contributed by atoms with Gasteiger partial charge in [0, 0.05) is 37.3 Å². The van der Waals surface area contributed by atoms with Crippen LogP contribution in [0.15, 0.2) is 41.4 Å². The zero-order valence-electron chi connectivity index (χ0n) is 19.6. The van der Waals surface area contributed by atoms with Crippen LogP contribution in [0, 0.1) is 0 Å². The number of ether oxygens (including phenoxy) is 3. The molecule has 2 N–H and O–H groups in total. The van der Waals surface area contributed by atoms with Crippen molar-refractivity contribution < 1.29 is 19.0 Å². The average molecular weight is 568 g/mol. The fourth-order valence-electron chi connectivity index (χ4n) is 3.64. The van der Waals surface area contributed by atoms with Crippen molar-refractivity contribution in [3.63, 3.8) is 0 Å². The molecule has 0 saturated carbocycles. The van der Waals surface area contributed by atoms with Crippen LogP contribution in [0.5, 0.6) is 17.2 Å². The third-order valence-corrected chi connectivity index (χ3v) is 5.34. The van der Waals surface area contributed by atoms with Crippen LogP contribution in [0.2, 0.25) is 0 Å². The Hall–Kier alpha value is -2.69. The number of halogens is 1. The van der Waals surface area contributed by atoms with Crippen molar-refractivity contribution in [1.82, 2.24) is 10.6 Å². The highest BCUT2D eigenvalue weighted by molar-refractivity contribution is 14.0. The highest BCUT2D eigenvalue weighted by Crippen LogP contribution is 2.33. The Bertz CT molecular complexity index is 925. The number of nitrogens with one attached hydrogen (secondary N) is 2. The maximum Gasteiger partial charge on any atom is 0.227 e. The monoisotopic (exact) mass is 568 g/mol. The number of hydrogen-bond donors (Lipinski definition) is 2. The second kappa shape index (κ2) is 13.1. The van der Waals surface area contributed by atoms with Crippen molar-refractivity contribution in [2.24, 2.45) is 4.99 Å². The topological polar surface area (TPSA) is 84.4 Å². The predicted octanol–water partition coefficient (Wildman–Crippen LogP) is 3.71. The molecule has 8 nitrogen and oxygen atoms in total. The van der Waals surface area contributed by atoms with E-state index in [-0.39, 0.29) is 29.9 Å². The van der Waals surface area contributed by atoms with E-state index in [1.165, 1.54) is 0 Å². The molecular formula is C24H33IN4O4. The fourth-order valence-corrected chi connectivity index (χ4v) is 3.64. The first-order valence-corrected chi connectivity index (χ1v) is 10.8. The van der Waals surface area contributed by atoms with Crippen LogP contribution in [0.4, 0.5) is 5.69 Å². The molecule has 0 bridgehead atoms. The van der Waals surface area contributed by atoms with Gasteiger partial charge in [0.05, 0.1) is 40.0 Å². The Morgan fingerprint density at radius 1 is 1.03 bits per heavy atom. The lowest BCUT2D eigenvalue weighted by molar-refractivity contribution is -0.117. The number of carbonyl (C=O) groups excluding carboxylic acids is 1. The van der Waals surface area contributed by atoms with Crippen LogP contribution in [-0.4, -0.2) is 46.3 Å². The summed E-state index contributed by atoms with van der Waals surface area (Å²) in [6, 6.07) is 11.7. The van der Waals surface area contributed by atoms with E-state index < -0.39 is 0 Å². The molecule has 3 rings (SSSR count). The molecule has 33 heavy (non-hydrogen) atoms. The number of rotatable bonds is 9. The molecule has 0 radical (unpaired) electrons. The number of guanidine groups is 1. The van der Waals surface area contributed by atoms with Crippen molar-refractivity contribution in [3.05, 3.63) is 47.5 Å². The van der Waals surface area contributed by atoms with Gasteiger partial charge in [-0.05, 0) is 31.0 Å². The molecule has 1 heterocycles. The van der Waals surface area contributed by atoms with E-state index in [2.05, 4.69) is 10.6 Å². The Balaban J connectivity index is 0.00000385. The first-order chi connectivity index (χ1) is 15.6. The van der Waals surface area contributed by atoms with Gasteiger partial charge in [0.1, 0.15) is 17.2 Å². The number of amides is 1. The Labute approximate surface area is 212 Å². The summed E-state index contributed by atoms with van der Waals surface area (Å²) < 4.78 is 16.4. The van der Waals surface area contributed by atoms with Crippen LogP contribution < -0.4 is 29.7 Å². The predicted molar refractivity (Wildman–Crippen MR) is 141 cm³/mol. The van der Waals surface area contributed by atoms with Gasteiger partial charge < -0.3 is 29.7 Å². The molecule has 1 aliphatic heterocycles. The number of carbonyl (C=O) groups is 1. The maximum absolute atomic E-state index is 11.9. The Kier molecular flexibility index (Phi) is 10.6. The molecular weight excluding hydrogens is 535 g/mol. The van der Waals surface area contributed by atoms with Crippen LogP contribution >= 0.6 is 24.0 Å². The molecule has 2 aromatic rings. The van der Waals surface area contributed by atoms with E-state index in [9.17, 15) is 4.79 Å². The lowest BCUT2D eigenvalue weighted by Crippen LogP contribution is -2.37. The smallest absolute Gasteiger partial charge is 0.227 e. The summed E-state index contributed by atoms with van der Waals surface area (Å²) in [5, 5.41) is 6.60. The highest BCUT2D eigenvalue weighted by Gasteiger charge is 2.21. The highest BCUT2D eigenvalue weighted by atomic mass is 127. The summed E-state index contributed by atoms with van der Waals surface area (Å²) in [5.74, 6) is 2.90. The molecule has 1 saturated heterocycles. The van der Waals surface area contributed by atoms with Crippen LogP contribution in [0.3, 0.4) is 0 Å². The standard InChI is InChI=1S/C24H32N4O4.HI/c1-5-25-24(27-16-20-21(31-3)13-19(30-2)14-22(20)32-4)26-15-17-8-10-18(11-9-17)28-12-6-7-23(28)29;/h8-11,13-14H,5-7,12,15-16H2,1-4H3,(H2,25,26,27);1H. The van der Waals surface area contributed by atoms with E-state index in [0.29, 0.717) is 42.7 Å². The van der Waals surface area contributed by atoms with Gasteiger partial charge in [-0.2, -0.15) is 0 Å². The van der Waals surface area contributed by atoms with Gasteiger partial charge in [0.25, 0.3) is 0 Å². The summed E-state index contributed by atoms with van der Waals surface area (Å²) >= 11 is 0. The molecule has 0 atom stereocenters. The van der Waals surface area contributed by atoms with Crippen molar-refractivity contribution in [3.8, 4) is 17.2 Å². The lowest BCUT2D eigenvalue weighted by atomic mass is 10.1. The van der Waals surface area contributed by atoms with Crippen LogP contribution in [0.1, 0.15) is 30.9 Å². The first kappa shape index (κ1) is 26.6. The van der Waals surface area contributed by atoms with Crippen molar-refractivity contribution >= 4 is 41.5 Å². The van der Waals surface area contributed by atoms with E-state index in [4.69, 9.17) is 19.2 Å². The minimum atomic E-state index is 0. The minimum absolute atomic E-state index is 0. The molecule has 1 aliphatic rings. The van der Waals surface area contributed by atoms with E-state index in [0.717, 1.165) is 36.3 Å². The molecule has 0 spiro atoms. The molecule has 1 fully saturated rings. The quantitative estimate of drug-likeness (QED) is 0.273. The van der Waals surface area contributed by atoms with Gasteiger partial charge in [0.2, 0.25) is 5.91 Å². The molecule has 9 heteroatoms. The SMILES string of the molecule is CCNC(=NCc1ccc(N2CCCC2=O)cc1)NCc1c(OC)cc(OC)cc1OC.I. The summed E-state index contributed by atoms with van der Waals surface area (Å²) in [4.78, 5) is 18.5. The number of anilines is 1. The Morgan fingerprint density at radius 2 is 1.70 bits per heavy atom. The first-order valence-electron chi connectivity index (χ1n) is 10.8. The molecule has 0 unspecified atom stereocenters. The van der Waals surface area contributed by atoms with Gasteiger partial charge >= 0.3 is 0 Å². The molecule has 1 amide bonds. The molecule has 180 valence electrons. The van der Waals surface area contributed by atoms with Gasteiger partial charge in [0.15, 0.2) is 5.96 Å². The second-order valence-corrected chi connectivity index (χ2v) is 7.37. The van der Waals surface area contributed by atoms with E-state index in [1.54, 1.807) is 21.3 Å². The summed E-state index contributed by atoms with van der Waals surface area (Å²) in [5.41, 5.74) is 2.89. The minimum Gasteiger partial charge on any atom is -0.496 e. The molecule has 2 aromatic carbocycles. The normalized spacial score (nSPS) is 13.4. The van der Waals surface area contributed by atoms with Gasteiger partial charge in [-0.1, -0.05) is 12.1 Å². The van der Waals surface area contributed by atoms with E-state index >= 15 is 0 Å². The second-order valence-electron chi connectivity index (χ2n) is 7.37. The summed E-state index contributed by atoms with van der Waals surface area (Å²) in [6.45, 7) is 4.54. The number of aliphatic imine (C=N–C) groups is 1. The third kappa shape index (κ3) is 6.89. The third-order valence-electron chi connectivity index (χ3n) is 5.34. The Morgan fingerprint density at radius 3 is 2.21 bits per heavy atom. The van der Waals surface area contributed by atoms with Crippen molar-refractivity contribution in [2.45, 2.75) is 32.9 Å². The van der Waals surface area contributed by atoms with Gasteiger partial charge in [-0.25, -0.2) is 4.99 Å². The zero-order chi connectivity index (χ0) is 22.9. The summed E-state index contributed by atoms with van der Waals surface area (Å²) in [7, 11) is 4.85. The van der Waals surface area contributed by atoms with Crippen LogP contribution in [0.25, 0.3) is 0 Å². The van der Waals surface area contributed by atoms with Crippen molar-refractivity contribution in [2.75, 3.05) is 39.3 Å². The number of hydrogen-bond acceptors (Lipinski definition) is 5. The fraction of sp³-hybridized carbons (Fsp3) is 0.417.